The van der Waals surface area contributed by atoms with Gasteiger partial charge in [0.2, 0.25) is 0 Å². The van der Waals surface area contributed by atoms with Crippen LogP contribution in [0.1, 0.15) is 38.5 Å². The second-order valence-electron chi connectivity index (χ2n) is 5.74. The Bertz CT molecular complexity index is 252. The second-order valence-corrected chi connectivity index (χ2v) is 5.96. The molecule has 4 bridgehead atoms. The normalized spacial score (nSPS) is 46.9. The van der Waals surface area contributed by atoms with Crippen LogP contribution in [0.4, 0.5) is 0 Å². The van der Waals surface area contributed by atoms with Gasteiger partial charge in [-0.05, 0) is 56.3 Å². The molecule has 0 amide bonds. The lowest BCUT2D eigenvalue weighted by molar-refractivity contribution is -0.169. The number of carbonyl (C=O) groups excluding carboxylic acids is 1. The lowest BCUT2D eigenvalue weighted by Gasteiger charge is -2.55. The molecule has 0 saturated heterocycles. The molecule has 0 N–H and O–H groups in total. The molecule has 4 aliphatic rings. The highest BCUT2D eigenvalue weighted by atomic mass is 35.5. The van der Waals surface area contributed by atoms with E-state index in [9.17, 15) is 4.79 Å². The van der Waals surface area contributed by atoms with Crippen LogP contribution in [0.25, 0.3) is 0 Å². The molecule has 4 fully saturated rings. The van der Waals surface area contributed by atoms with Gasteiger partial charge in [0, 0.05) is 0 Å². The fraction of sp³-hybridized carbons (Fsp3) is 0.917. The molecule has 0 aromatic heterocycles. The molecule has 0 radical (unpaired) electrons. The summed E-state index contributed by atoms with van der Waals surface area (Å²) in [7, 11) is 0. The lowest BCUT2D eigenvalue weighted by Crippen LogP contribution is -2.50. The number of esters is 1. The van der Waals surface area contributed by atoms with Gasteiger partial charge in [-0.25, -0.2) is 0 Å². The summed E-state index contributed by atoms with van der Waals surface area (Å²) < 4.78 is 5.05. The molecule has 0 aliphatic heterocycles. The minimum Gasteiger partial charge on any atom is -0.449 e. The number of alkyl halides is 1. The van der Waals surface area contributed by atoms with Gasteiger partial charge in [-0.15, -0.1) is 0 Å². The highest BCUT2D eigenvalue weighted by Crippen LogP contribution is 2.60. The molecule has 2 nitrogen and oxygen atoms in total. The standard InChI is InChI=1S/C12H17ClO2/c13-7-15-11(14)12-4-8-1-9(5-12)3-10(2-8)6-12/h8-10H,1-7H2. The van der Waals surface area contributed by atoms with Gasteiger partial charge >= 0.3 is 5.97 Å². The Labute approximate surface area is 95.3 Å². The van der Waals surface area contributed by atoms with Crippen molar-refractivity contribution >= 4 is 17.6 Å². The van der Waals surface area contributed by atoms with Crippen LogP contribution in [0, 0.1) is 23.2 Å². The average molecular weight is 229 g/mol. The third-order valence-corrected chi connectivity index (χ3v) is 4.77. The molecule has 0 aromatic rings. The van der Waals surface area contributed by atoms with Crippen LogP contribution < -0.4 is 0 Å². The first kappa shape index (κ1) is 9.95. The van der Waals surface area contributed by atoms with Crippen LogP contribution in [-0.2, 0) is 9.53 Å². The van der Waals surface area contributed by atoms with Crippen molar-refractivity contribution in [2.24, 2.45) is 23.2 Å². The van der Waals surface area contributed by atoms with E-state index in [1.54, 1.807) is 0 Å². The van der Waals surface area contributed by atoms with Crippen molar-refractivity contribution in [2.75, 3.05) is 6.07 Å². The summed E-state index contributed by atoms with van der Waals surface area (Å²) in [5, 5.41) is 0. The number of hydrogen-bond donors (Lipinski definition) is 0. The van der Waals surface area contributed by atoms with Gasteiger partial charge in [-0.2, -0.15) is 0 Å². The molecule has 3 heteroatoms. The minimum atomic E-state index is -0.135. The SMILES string of the molecule is O=C(OCCl)C12CC3CC(CC(C3)C1)C2. The molecular weight excluding hydrogens is 212 g/mol. The van der Waals surface area contributed by atoms with Crippen LogP contribution in [0.3, 0.4) is 0 Å². The Morgan fingerprint density at radius 3 is 2.00 bits per heavy atom. The van der Waals surface area contributed by atoms with E-state index < -0.39 is 0 Å². The molecule has 0 atom stereocenters. The molecule has 84 valence electrons. The molecule has 0 heterocycles. The van der Waals surface area contributed by atoms with Crippen LogP contribution >= 0.6 is 11.6 Å². The van der Waals surface area contributed by atoms with Crippen molar-refractivity contribution < 1.29 is 9.53 Å². The highest BCUT2D eigenvalue weighted by molar-refractivity contribution is 6.17. The van der Waals surface area contributed by atoms with Crippen molar-refractivity contribution in [3.8, 4) is 0 Å². The lowest BCUT2D eigenvalue weighted by atomic mass is 9.49. The van der Waals surface area contributed by atoms with E-state index in [0.717, 1.165) is 37.0 Å². The van der Waals surface area contributed by atoms with Gasteiger partial charge in [0.15, 0.2) is 6.07 Å². The summed E-state index contributed by atoms with van der Waals surface area (Å²) in [6.45, 7) is 0. The Morgan fingerprint density at radius 2 is 1.60 bits per heavy atom. The number of halogens is 1. The van der Waals surface area contributed by atoms with Crippen molar-refractivity contribution in [1.82, 2.24) is 0 Å². The zero-order chi connectivity index (χ0) is 10.5. The van der Waals surface area contributed by atoms with Gasteiger partial charge in [-0.1, -0.05) is 11.6 Å². The van der Waals surface area contributed by atoms with E-state index in [-0.39, 0.29) is 17.5 Å². The monoisotopic (exact) mass is 228 g/mol. The Balaban J connectivity index is 1.83. The zero-order valence-corrected chi connectivity index (χ0v) is 9.63. The minimum absolute atomic E-state index is 0.0145. The molecule has 0 aromatic carbocycles. The van der Waals surface area contributed by atoms with Crippen LogP contribution in [-0.4, -0.2) is 12.0 Å². The van der Waals surface area contributed by atoms with Gasteiger partial charge in [-0.3, -0.25) is 4.79 Å². The van der Waals surface area contributed by atoms with Gasteiger partial charge in [0.05, 0.1) is 5.41 Å². The topological polar surface area (TPSA) is 26.3 Å². The first-order valence-corrected chi connectivity index (χ1v) is 6.48. The first-order valence-electron chi connectivity index (χ1n) is 5.95. The van der Waals surface area contributed by atoms with Crippen molar-refractivity contribution in [3.05, 3.63) is 0 Å². The third-order valence-electron chi connectivity index (χ3n) is 4.66. The first-order chi connectivity index (χ1) is 7.22. The summed E-state index contributed by atoms with van der Waals surface area (Å²) >= 11 is 5.49. The van der Waals surface area contributed by atoms with E-state index in [1.807, 2.05) is 0 Å². The number of rotatable bonds is 2. The number of ether oxygens (including phenoxy) is 1. The summed E-state index contributed by atoms with van der Waals surface area (Å²) in [4.78, 5) is 12.0. The van der Waals surface area contributed by atoms with Crippen molar-refractivity contribution in [3.63, 3.8) is 0 Å². The molecule has 0 spiro atoms. The second kappa shape index (κ2) is 3.38. The third kappa shape index (κ3) is 1.49. The van der Waals surface area contributed by atoms with Gasteiger partial charge in [0.25, 0.3) is 0 Å². The van der Waals surface area contributed by atoms with Crippen LogP contribution in [0.2, 0.25) is 0 Å². The summed E-state index contributed by atoms with van der Waals surface area (Å²) in [5.41, 5.74) is -0.135. The van der Waals surface area contributed by atoms with Crippen molar-refractivity contribution in [1.29, 1.82) is 0 Å². The molecule has 4 rings (SSSR count). The predicted octanol–water partition coefficient (Wildman–Crippen LogP) is 2.94. The summed E-state index contributed by atoms with van der Waals surface area (Å²) in [5.74, 6) is 2.36. The number of carbonyl (C=O) groups is 1. The quantitative estimate of drug-likeness (QED) is 0.537. The van der Waals surface area contributed by atoms with Crippen LogP contribution in [0.5, 0.6) is 0 Å². The Morgan fingerprint density at radius 1 is 1.13 bits per heavy atom. The molecular formula is C12H17ClO2. The van der Waals surface area contributed by atoms with Crippen LogP contribution in [0.15, 0.2) is 0 Å². The summed E-state index contributed by atoms with van der Waals surface area (Å²) in [6.07, 6.45) is 7.26. The molecule has 15 heavy (non-hydrogen) atoms. The highest BCUT2D eigenvalue weighted by Gasteiger charge is 2.55. The van der Waals surface area contributed by atoms with Gasteiger partial charge < -0.3 is 4.74 Å². The number of hydrogen-bond acceptors (Lipinski definition) is 2. The fourth-order valence-corrected chi connectivity index (χ4v) is 4.66. The van der Waals surface area contributed by atoms with E-state index in [0.29, 0.717) is 0 Å². The smallest absolute Gasteiger partial charge is 0.313 e. The largest absolute Gasteiger partial charge is 0.449 e. The molecule has 0 unspecified atom stereocenters. The fourth-order valence-electron chi connectivity index (χ4n) is 4.56. The maximum absolute atomic E-state index is 12.0. The zero-order valence-electron chi connectivity index (χ0n) is 8.88. The van der Waals surface area contributed by atoms with E-state index in [4.69, 9.17) is 16.3 Å². The molecule has 4 saturated carbocycles. The maximum atomic E-state index is 12.0. The van der Waals surface area contributed by atoms with Crippen molar-refractivity contribution in [2.45, 2.75) is 38.5 Å². The Hall–Kier alpha value is -0.240. The molecule has 4 aliphatic carbocycles. The van der Waals surface area contributed by atoms with E-state index in [1.165, 1.54) is 19.3 Å². The van der Waals surface area contributed by atoms with E-state index >= 15 is 0 Å². The average Bonchev–Trinajstić information content (AvgIpc) is 2.15. The van der Waals surface area contributed by atoms with Gasteiger partial charge in [0.1, 0.15) is 0 Å². The maximum Gasteiger partial charge on any atom is 0.313 e. The summed E-state index contributed by atoms with van der Waals surface area (Å²) in [6, 6.07) is 0.0145. The van der Waals surface area contributed by atoms with E-state index in [2.05, 4.69) is 0 Å². The Kier molecular flexibility index (Phi) is 2.24. The predicted molar refractivity (Wildman–Crippen MR) is 57.4 cm³/mol.